The highest BCUT2D eigenvalue weighted by Gasteiger charge is 2.49. The minimum absolute atomic E-state index is 0.00766. The van der Waals surface area contributed by atoms with Crippen LogP contribution in [-0.2, 0) is 9.59 Å². The summed E-state index contributed by atoms with van der Waals surface area (Å²) in [6, 6.07) is 0. The number of aliphatic carboxylic acids is 1. The predicted molar refractivity (Wildman–Crippen MR) is 73.0 cm³/mol. The van der Waals surface area contributed by atoms with Gasteiger partial charge in [0, 0.05) is 19.0 Å². The molecule has 1 aliphatic heterocycles. The molecule has 2 fully saturated rings. The van der Waals surface area contributed by atoms with Crippen LogP contribution in [0.15, 0.2) is 0 Å². The Kier molecular flexibility index (Phi) is 5.02. The van der Waals surface area contributed by atoms with Crippen molar-refractivity contribution in [1.29, 1.82) is 0 Å². The summed E-state index contributed by atoms with van der Waals surface area (Å²) >= 11 is 0. The summed E-state index contributed by atoms with van der Waals surface area (Å²) in [5, 5.41) is 9.13. The first-order valence-electron chi connectivity index (χ1n) is 7.78. The van der Waals surface area contributed by atoms with Gasteiger partial charge >= 0.3 is 12.1 Å². The van der Waals surface area contributed by atoms with Crippen LogP contribution in [0.2, 0.25) is 0 Å². The van der Waals surface area contributed by atoms with E-state index >= 15 is 0 Å². The van der Waals surface area contributed by atoms with Gasteiger partial charge in [-0.25, -0.2) is 0 Å². The van der Waals surface area contributed by atoms with E-state index in [1.54, 1.807) is 0 Å². The summed E-state index contributed by atoms with van der Waals surface area (Å²) in [4.78, 5) is 25.1. The molecule has 0 radical (unpaired) electrons. The fraction of sp³-hybridized carbons (Fsp3) is 0.867. The van der Waals surface area contributed by atoms with E-state index in [1.807, 2.05) is 6.92 Å². The van der Waals surface area contributed by atoms with Gasteiger partial charge in [0.1, 0.15) is 0 Å². The monoisotopic (exact) mass is 321 g/mol. The third kappa shape index (κ3) is 3.73. The maximum Gasteiger partial charge on any atom is 0.392 e. The fourth-order valence-corrected chi connectivity index (χ4v) is 3.76. The molecule has 1 saturated carbocycles. The van der Waals surface area contributed by atoms with Crippen molar-refractivity contribution >= 4 is 11.9 Å². The quantitative estimate of drug-likeness (QED) is 0.851. The zero-order chi connectivity index (χ0) is 16.5. The number of hydrogen-bond acceptors (Lipinski definition) is 2. The Morgan fingerprint density at radius 2 is 1.77 bits per heavy atom. The second-order valence-electron chi connectivity index (χ2n) is 6.66. The van der Waals surface area contributed by atoms with Crippen LogP contribution >= 0.6 is 0 Å². The molecule has 0 spiro atoms. The van der Waals surface area contributed by atoms with Crippen molar-refractivity contribution in [2.45, 2.75) is 45.2 Å². The van der Waals surface area contributed by atoms with Gasteiger partial charge in [0.25, 0.3) is 0 Å². The number of carboxylic acid groups (broad SMARTS) is 1. The number of carbonyl (C=O) groups is 2. The highest BCUT2D eigenvalue weighted by molar-refractivity contribution is 5.80. The minimum Gasteiger partial charge on any atom is -0.481 e. The van der Waals surface area contributed by atoms with Crippen molar-refractivity contribution in [3.8, 4) is 0 Å². The third-order valence-electron chi connectivity index (χ3n) is 4.82. The lowest BCUT2D eigenvalue weighted by Crippen LogP contribution is -2.50. The largest absolute Gasteiger partial charge is 0.481 e. The van der Waals surface area contributed by atoms with Gasteiger partial charge in [0.2, 0.25) is 5.91 Å². The topological polar surface area (TPSA) is 57.6 Å². The third-order valence-corrected chi connectivity index (χ3v) is 4.82. The maximum atomic E-state index is 13.1. The zero-order valence-corrected chi connectivity index (χ0v) is 12.6. The second-order valence-corrected chi connectivity index (χ2v) is 6.66. The molecule has 0 bridgehead atoms. The Labute approximate surface area is 127 Å². The fourth-order valence-electron chi connectivity index (χ4n) is 3.76. The van der Waals surface area contributed by atoms with E-state index in [4.69, 9.17) is 5.11 Å². The molecule has 2 aliphatic rings. The van der Waals surface area contributed by atoms with Gasteiger partial charge in [0.05, 0.1) is 11.8 Å². The van der Waals surface area contributed by atoms with Crippen molar-refractivity contribution in [3.05, 3.63) is 0 Å². The van der Waals surface area contributed by atoms with Gasteiger partial charge in [-0.15, -0.1) is 0 Å². The number of amides is 1. The average Bonchev–Trinajstić information content (AvgIpc) is 2.45. The standard InChI is InChI=1S/C15H22F3NO3/c1-9-6-10(14(21)22)8-19(7-9)13(20)11-4-2-3-5-12(11)15(16,17)18/h9-12H,2-8H2,1H3,(H,21,22). The van der Waals surface area contributed by atoms with Crippen LogP contribution in [-0.4, -0.2) is 41.1 Å². The van der Waals surface area contributed by atoms with E-state index in [9.17, 15) is 22.8 Å². The maximum absolute atomic E-state index is 13.1. The van der Waals surface area contributed by atoms with Crippen molar-refractivity contribution < 1.29 is 27.9 Å². The average molecular weight is 321 g/mol. The number of rotatable bonds is 2. The van der Waals surface area contributed by atoms with Crippen molar-refractivity contribution in [1.82, 2.24) is 4.90 Å². The van der Waals surface area contributed by atoms with Crippen molar-refractivity contribution in [3.63, 3.8) is 0 Å². The number of hydrogen-bond donors (Lipinski definition) is 1. The molecule has 1 N–H and O–H groups in total. The molecule has 7 heteroatoms. The number of alkyl halides is 3. The van der Waals surface area contributed by atoms with E-state index in [0.717, 1.165) is 0 Å². The van der Waals surface area contributed by atoms with E-state index in [-0.39, 0.29) is 25.3 Å². The molecule has 0 aromatic heterocycles. The highest BCUT2D eigenvalue weighted by Crippen LogP contribution is 2.42. The van der Waals surface area contributed by atoms with Gasteiger partial charge in [-0.3, -0.25) is 9.59 Å². The molecule has 1 aliphatic carbocycles. The SMILES string of the molecule is CC1CC(C(=O)O)CN(C(=O)C2CCCCC2C(F)(F)F)C1. The first kappa shape index (κ1) is 17.1. The minimum atomic E-state index is -4.37. The Hall–Kier alpha value is -1.27. The summed E-state index contributed by atoms with van der Waals surface area (Å²) in [5.41, 5.74) is 0. The van der Waals surface area contributed by atoms with Crippen LogP contribution in [0.1, 0.15) is 39.0 Å². The molecule has 1 saturated heterocycles. The Bertz CT molecular complexity index is 438. The number of piperidine rings is 1. The van der Waals surface area contributed by atoms with E-state index in [0.29, 0.717) is 25.8 Å². The van der Waals surface area contributed by atoms with E-state index < -0.39 is 35.8 Å². The molecule has 0 aromatic rings. The normalized spacial score (nSPS) is 33.5. The second kappa shape index (κ2) is 6.46. The Morgan fingerprint density at radius 3 is 2.36 bits per heavy atom. The molecule has 0 aromatic carbocycles. The van der Waals surface area contributed by atoms with E-state index in [1.165, 1.54) is 4.90 Å². The molecule has 126 valence electrons. The van der Waals surface area contributed by atoms with Crippen molar-refractivity contribution in [2.75, 3.05) is 13.1 Å². The molecule has 4 unspecified atom stereocenters. The summed E-state index contributed by atoms with van der Waals surface area (Å²) in [5.74, 6) is -4.82. The van der Waals surface area contributed by atoms with Crippen LogP contribution in [0.3, 0.4) is 0 Å². The van der Waals surface area contributed by atoms with Gasteiger partial charge in [-0.1, -0.05) is 19.8 Å². The predicted octanol–water partition coefficient (Wildman–Crippen LogP) is 2.92. The lowest BCUT2D eigenvalue weighted by molar-refractivity contribution is -0.201. The van der Waals surface area contributed by atoms with Crippen LogP contribution in [0, 0.1) is 23.7 Å². The molecule has 2 rings (SSSR count). The number of halogens is 3. The Balaban J connectivity index is 2.12. The van der Waals surface area contributed by atoms with Crippen molar-refractivity contribution in [2.24, 2.45) is 23.7 Å². The molecular formula is C15H22F3NO3. The lowest BCUT2D eigenvalue weighted by atomic mass is 9.77. The van der Waals surface area contributed by atoms with Gasteiger partial charge in [0.15, 0.2) is 0 Å². The molecule has 4 atom stereocenters. The Morgan fingerprint density at radius 1 is 1.14 bits per heavy atom. The highest BCUT2D eigenvalue weighted by atomic mass is 19.4. The van der Waals surface area contributed by atoms with Gasteiger partial charge in [-0.05, 0) is 25.2 Å². The summed E-state index contributed by atoms with van der Waals surface area (Å²) in [6.45, 7) is 2.21. The molecular weight excluding hydrogens is 299 g/mol. The number of carbonyl (C=O) groups excluding carboxylic acids is 1. The molecule has 1 heterocycles. The van der Waals surface area contributed by atoms with E-state index in [2.05, 4.69) is 0 Å². The first-order chi connectivity index (χ1) is 10.2. The summed E-state index contributed by atoms with van der Waals surface area (Å²) in [7, 11) is 0. The molecule has 4 nitrogen and oxygen atoms in total. The number of likely N-dealkylation sites (tertiary alicyclic amines) is 1. The van der Waals surface area contributed by atoms with Crippen LogP contribution in [0.4, 0.5) is 13.2 Å². The van der Waals surface area contributed by atoms with Crippen LogP contribution in [0.25, 0.3) is 0 Å². The molecule has 22 heavy (non-hydrogen) atoms. The first-order valence-corrected chi connectivity index (χ1v) is 7.78. The van der Waals surface area contributed by atoms with Gasteiger partial charge < -0.3 is 10.0 Å². The van der Waals surface area contributed by atoms with Crippen LogP contribution in [0.5, 0.6) is 0 Å². The molecule has 1 amide bonds. The summed E-state index contributed by atoms with van der Waals surface area (Å²) in [6.07, 6.45) is -2.56. The smallest absolute Gasteiger partial charge is 0.392 e. The van der Waals surface area contributed by atoms with Crippen LogP contribution < -0.4 is 0 Å². The number of carboxylic acids is 1. The van der Waals surface area contributed by atoms with Gasteiger partial charge in [-0.2, -0.15) is 13.2 Å². The zero-order valence-electron chi connectivity index (χ0n) is 12.6. The number of nitrogens with zero attached hydrogens (tertiary/aromatic N) is 1. The summed E-state index contributed by atoms with van der Waals surface area (Å²) < 4.78 is 39.4. The lowest BCUT2D eigenvalue weighted by Gasteiger charge is -2.40.